The number of Topliss-reactive ketones (excluding diaryl/α,β-unsaturated/α-hetero) is 2. The molecule has 0 unspecified atom stereocenters. The summed E-state index contributed by atoms with van der Waals surface area (Å²) < 4.78 is 24.5. The van der Waals surface area contributed by atoms with Crippen LogP contribution >= 0.6 is 0 Å². The zero-order valence-electron chi connectivity index (χ0n) is 12.4. The first-order valence-corrected chi connectivity index (χ1v) is 8.38. The van der Waals surface area contributed by atoms with Gasteiger partial charge in [-0.15, -0.1) is 0 Å². The van der Waals surface area contributed by atoms with Gasteiger partial charge in [-0.25, -0.2) is 8.42 Å². The van der Waals surface area contributed by atoms with Crippen LogP contribution in [0.1, 0.15) is 33.2 Å². The third-order valence-electron chi connectivity index (χ3n) is 3.31. The van der Waals surface area contributed by atoms with E-state index in [1.807, 2.05) is 6.92 Å². The van der Waals surface area contributed by atoms with Crippen LogP contribution in [0.5, 0.6) is 0 Å². The maximum Gasteiger partial charge on any atom is 0.185 e. The Labute approximate surface area is 129 Å². The lowest BCUT2D eigenvalue weighted by Crippen LogP contribution is -2.16. The molecule has 0 radical (unpaired) electrons. The lowest BCUT2D eigenvalue weighted by Gasteiger charge is -2.05. The predicted molar refractivity (Wildman–Crippen MR) is 84.0 cm³/mol. The summed E-state index contributed by atoms with van der Waals surface area (Å²) in [5.74, 6) is -1.18. The average Bonchev–Trinajstić information content (AvgIpc) is 2.47. The van der Waals surface area contributed by atoms with E-state index in [4.69, 9.17) is 0 Å². The molecule has 5 heteroatoms. The van der Waals surface area contributed by atoms with Crippen LogP contribution in [-0.2, 0) is 9.84 Å². The molecule has 0 saturated heterocycles. The zero-order valence-corrected chi connectivity index (χ0v) is 13.2. The number of carbonyl (C=O) groups excluding carboxylic acids is 2. The third kappa shape index (κ3) is 3.68. The molecule has 0 amide bonds. The second-order valence-electron chi connectivity index (χ2n) is 5.13. The van der Waals surface area contributed by atoms with E-state index in [1.165, 1.54) is 31.2 Å². The van der Waals surface area contributed by atoms with Crippen molar-refractivity contribution in [2.75, 3.05) is 5.75 Å². The lowest BCUT2D eigenvalue weighted by atomic mass is 10.1. The zero-order chi connectivity index (χ0) is 16.3. The van der Waals surface area contributed by atoms with E-state index < -0.39 is 21.4 Å². The first kappa shape index (κ1) is 16.1. The van der Waals surface area contributed by atoms with Gasteiger partial charge in [-0.3, -0.25) is 9.59 Å². The molecule has 2 aromatic rings. The van der Waals surface area contributed by atoms with Gasteiger partial charge in [0.25, 0.3) is 0 Å². The highest BCUT2D eigenvalue weighted by Crippen LogP contribution is 2.15. The van der Waals surface area contributed by atoms with Crippen molar-refractivity contribution in [2.24, 2.45) is 0 Å². The Morgan fingerprint density at radius 2 is 1.36 bits per heavy atom. The van der Waals surface area contributed by atoms with E-state index in [0.29, 0.717) is 11.1 Å². The molecule has 0 aliphatic heterocycles. The summed E-state index contributed by atoms with van der Waals surface area (Å²) in [4.78, 5) is 23.3. The number of aryl methyl sites for hydroxylation is 1. The number of benzene rings is 2. The molecule has 2 rings (SSSR count). The molecule has 0 heterocycles. The van der Waals surface area contributed by atoms with Crippen LogP contribution in [0.2, 0.25) is 0 Å². The van der Waals surface area contributed by atoms with Crippen LogP contribution in [-0.4, -0.2) is 25.7 Å². The van der Waals surface area contributed by atoms with Gasteiger partial charge in [0.2, 0.25) is 0 Å². The van der Waals surface area contributed by atoms with Crippen LogP contribution in [0.25, 0.3) is 0 Å². The standard InChI is InChI=1S/C17H16O4S/c1-12-3-5-15(6-4-12)17(19)11-22(20,21)16-9-7-14(8-10-16)13(2)18/h3-10H,11H2,1-2H3. The van der Waals surface area contributed by atoms with Gasteiger partial charge >= 0.3 is 0 Å². The maximum atomic E-state index is 12.3. The quantitative estimate of drug-likeness (QED) is 0.795. The molecule has 0 spiro atoms. The second kappa shape index (κ2) is 6.23. The first-order valence-electron chi connectivity index (χ1n) is 6.73. The summed E-state index contributed by atoms with van der Waals surface area (Å²) in [5, 5.41) is 0. The molecule has 2 aromatic carbocycles. The van der Waals surface area contributed by atoms with Crippen molar-refractivity contribution in [2.45, 2.75) is 18.7 Å². The molecule has 0 aliphatic carbocycles. The van der Waals surface area contributed by atoms with Crippen molar-refractivity contribution in [3.63, 3.8) is 0 Å². The van der Waals surface area contributed by atoms with Gasteiger partial charge in [0.1, 0.15) is 5.75 Å². The van der Waals surface area contributed by atoms with Crippen LogP contribution < -0.4 is 0 Å². The molecular formula is C17H16O4S. The van der Waals surface area contributed by atoms with Gasteiger partial charge in [0.05, 0.1) is 4.90 Å². The predicted octanol–water partition coefficient (Wildman–Crippen LogP) is 2.85. The number of sulfone groups is 1. The Bertz CT molecular complexity index is 801. The Morgan fingerprint density at radius 1 is 0.864 bits per heavy atom. The van der Waals surface area contributed by atoms with E-state index >= 15 is 0 Å². The van der Waals surface area contributed by atoms with Crippen molar-refractivity contribution in [3.8, 4) is 0 Å². The lowest BCUT2D eigenvalue weighted by molar-refractivity contribution is 0.101. The highest BCUT2D eigenvalue weighted by molar-refractivity contribution is 7.92. The Morgan fingerprint density at radius 3 is 1.86 bits per heavy atom. The van der Waals surface area contributed by atoms with E-state index in [1.54, 1.807) is 24.3 Å². The fraction of sp³-hybridized carbons (Fsp3) is 0.176. The van der Waals surface area contributed by atoms with Crippen molar-refractivity contribution in [1.82, 2.24) is 0 Å². The van der Waals surface area contributed by atoms with E-state index in [2.05, 4.69) is 0 Å². The molecular weight excluding hydrogens is 300 g/mol. The summed E-state index contributed by atoms with van der Waals surface area (Å²) in [6.45, 7) is 3.30. The van der Waals surface area contributed by atoms with Gasteiger partial charge in [-0.05, 0) is 26.0 Å². The van der Waals surface area contributed by atoms with Gasteiger partial charge in [-0.2, -0.15) is 0 Å². The second-order valence-corrected chi connectivity index (χ2v) is 7.12. The third-order valence-corrected chi connectivity index (χ3v) is 4.95. The molecule has 0 saturated carbocycles. The molecule has 0 aliphatic rings. The largest absolute Gasteiger partial charge is 0.295 e. The fourth-order valence-corrected chi connectivity index (χ4v) is 3.20. The summed E-state index contributed by atoms with van der Waals surface area (Å²) >= 11 is 0. The summed E-state index contributed by atoms with van der Waals surface area (Å²) in [6, 6.07) is 12.4. The maximum absolute atomic E-state index is 12.3. The van der Waals surface area contributed by atoms with E-state index in [9.17, 15) is 18.0 Å². The van der Waals surface area contributed by atoms with E-state index in [-0.39, 0.29) is 10.7 Å². The van der Waals surface area contributed by atoms with Crippen molar-refractivity contribution in [3.05, 3.63) is 65.2 Å². The average molecular weight is 316 g/mol. The van der Waals surface area contributed by atoms with Crippen LogP contribution in [0.15, 0.2) is 53.4 Å². The monoisotopic (exact) mass is 316 g/mol. The Balaban J connectivity index is 2.21. The summed E-state index contributed by atoms with van der Waals surface area (Å²) in [5.41, 5.74) is 1.80. The van der Waals surface area contributed by atoms with Crippen molar-refractivity contribution >= 4 is 21.4 Å². The minimum atomic E-state index is -3.72. The van der Waals surface area contributed by atoms with Gasteiger partial charge in [-0.1, -0.05) is 42.0 Å². The normalized spacial score (nSPS) is 11.2. The summed E-state index contributed by atoms with van der Waals surface area (Å²) in [7, 11) is -3.72. The Kier molecular flexibility index (Phi) is 4.56. The van der Waals surface area contributed by atoms with Gasteiger partial charge < -0.3 is 0 Å². The first-order chi connectivity index (χ1) is 10.3. The minimum Gasteiger partial charge on any atom is -0.295 e. The molecule has 22 heavy (non-hydrogen) atoms. The molecule has 0 bridgehead atoms. The number of carbonyl (C=O) groups is 2. The molecule has 4 nitrogen and oxygen atoms in total. The van der Waals surface area contributed by atoms with E-state index in [0.717, 1.165) is 5.56 Å². The van der Waals surface area contributed by atoms with Crippen LogP contribution in [0.4, 0.5) is 0 Å². The number of ketones is 2. The molecule has 0 aromatic heterocycles. The number of hydrogen-bond donors (Lipinski definition) is 0. The minimum absolute atomic E-state index is 0.0398. The molecule has 0 atom stereocenters. The van der Waals surface area contributed by atoms with Crippen LogP contribution in [0, 0.1) is 6.92 Å². The molecule has 0 N–H and O–H groups in total. The number of rotatable bonds is 5. The molecule has 114 valence electrons. The van der Waals surface area contributed by atoms with Gasteiger partial charge in [0, 0.05) is 11.1 Å². The number of hydrogen-bond acceptors (Lipinski definition) is 4. The topological polar surface area (TPSA) is 68.3 Å². The van der Waals surface area contributed by atoms with Crippen molar-refractivity contribution in [1.29, 1.82) is 0 Å². The smallest absolute Gasteiger partial charge is 0.185 e. The SMILES string of the molecule is CC(=O)c1ccc(S(=O)(=O)CC(=O)c2ccc(C)cc2)cc1. The highest BCUT2D eigenvalue weighted by Gasteiger charge is 2.20. The van der Waals surface area contributed by atoms with Gasteiger partial charge in [0.15, 0.2) is 21.4 Å². The van der Waals surface area contributed by atoms with Crippen molar-refractivity contribution < 1.29 is 18.0 Å². The Hall–Kier alpha value is -2.27. The van der Waals surface area contributed by atoms with Crippen LogP contribution in [0.3, 0.4) is 0 Å². The summed E-state index contributed by atoms with van der Waals surface area (Å²) in [6.07, 6.45) is 0. The molecule has 0 fully saturated rings. The highest BCUT2D eigenvalue weighted by atomic mass is 32.2. The fourth-order valence-electron chi connectivity index (χ4n) is 1.98.